The van der Waals surface area contributed by atoms with Crippen LogP contribution in [0.25, 0.3) is 0 Å². The zero-order chi connectivity index (χ0) is 10.8. The molecular formula is C11H20N4. The second-order valence-corrected chi connectivity index (χ2v) is 4.34. The predicted molar refractivity (Wildman–Crippen MR) is 60.5 cm³/mol. The summed E-state index contributed by atoms with van der Waals surface area (Å²) in [5.74, 6) is 0. The molecule has 0 bridgehead atoms. The summed E-state index contributed by atoms with van der Waals surface area (Å²) >= 11 is 0. The highest BCUT2D eigenvalue weighted by Gasteiger charge is 2.24. The van der Waals surface area contributed by atoms with Gasteiger partial charge < -0.3 is 5.73 Å². The normalized spacial score (nSPS) is 19.7. The third kappa shape index (κ3) is 2.06. The van der Waals surface area contributed by atoms with Crippen molar-refractivity contribution in [3.63, 3.8) is 0 Å². The summed E-state index contributed by atoms with van der Waals surface area (Å²) < 4.78 is 1.88. The molecule has 1 aromatic heterocycles. The van der Waals surface area contributed by atoms with Gasteiger partial charge in [0.25, 0.3) is 0 Å². The standard InChI is InChI=1S/C11H20N4/c1-9-10(8-14(2)13-9)11(7-12)15-5-3-4-6-15/h8,11H,3-7,12H2,1-2H3. The van der Waals surface area contributed by atoms with Gasteiger partial charge >= 0.3 is 0 Å². The van der Waals surface area contributed by atoms with Crippen molar-refractivity contribution >= 4 is 0 Å². The van der Waals surface area contributed by atoms with Crippen LogP contribution < -0.4 is 5.73 Å². The molecule has 0 aliphatic carbocycles. The first-order chi connectivity index (χ1) is 7.22. The highest BCUT2D eigenvalue weighted by Crippen LogP contribution is 2.25. The van der Waals surface area contributed by atoms with E-state index in [0.29, 0.717) is 12.6 Å². The van der Waals surface area contributed by atoms with Crippen LogP contribution >= 0.6 is 0 Å². The molecule has 1 aromatic rings. The van der Waals surface area contributed by atoms with Crippen molar-refractivity contribution in [2.45, 2.75) is 25.8 Å². The van der Waals surface area contributed by atoms with Crippen molar-refractivity contribution in [1.29, 1.82) is 0 Å². The molecule has 1 unspecified atom stereocenters. The average molecular weight is 208 g/mol. The highest BCUT2D eigenvalue weighted by atomic mass is 15.3. The summed E-state index contributed by atoms with van der Waals surface area (Å²) in [5.41, 5.74) is 8.29. The molecule has 1 saturated heterocycles. The molecule has 1 aliphatic rings. The zero-order valence-corrected chi connectivity index (χ0v) is 9.61. The van der Waals surface area contributed by atoms with Crippen molar-refractivity contribution < 1.29 is 0 Å². The molecule has 1 atom stereocenters. The minimum atomic E-state index is 0.362. The number of rotatable bonds is 3. The van der Waals surface area contributed by atoms with Gasteiger partial charge in [-0.2, -0.15) is 5.10 Å². The molecule has 84 valence electrons. The minimum Gasteiger partial charge on any atom is -0.329 e. The van der Waals surface area contributed by atoms with Crippen LogP contribution in [0.3, 0.4) is 0 Å². The predicted octanol–water partition coefficient (Wildman–Crippen LogP) is 0.824. The number of likely N-dealkylation sites (tertiary alicyclic amines) is 1. The SMILES string of the molecule is Cc1nn(C)cc1C(CN)N1CCCC1. The Bertz CT molecular complexity index is 325. The molecule has 1 fully saturated rings. The first-order valence-electron chi connectivity index (χ1n) is 5.66. The molecule has 4 nitrogen and oxygen atoms in total. The molecule has 0 spiro atoms. The van der Waals surface area contributed by atoms with Gasteiger partial charge in [0.05, 0.1) is 11.7 Å². The highest BCUT2D eigenvalue weighted by molar-refractivity contribution is 5.20. The Morgan fingerprint density at radius 1 is 1.47 bits per heavy atom. The smallest absolute Gasteiger partial charge is 0.0641 e. The second-order valence-electron chi connectivity index (χ2n) is 4.34. The van der Waals surface area contributed by atoms with Crippen LogP contribution in [0.4, 0.5) is 0 Å². The lowest BCUT2D eigenvalue weighted by atomic mass is 10.1. The van der Waals surface area contributed by atoms with Crippen molar-refractivity contribution in [3.8, 4) is 0 Å². The quantitative estimate of drug-likeness (QED) is 0.800. The fraction of sp³-hybridized carbons (Fsp3) is 0.727. The number of nitrogens with two attached hydrogens (primary N) is 1. The summed E-state index contributed by atoms with van der Waals surface area (Å²) in [7, 11) is 1.97. The molecule has 2 heterocycles. The maximum Gasteiger partial charge on any atom is 0.0641 e. The van der Waals surface area contributed by atoms with E-state index >= 15 is 0 Å². The van der Waals surface area contributed by atoms with Gasteiger partial charge in [-0.3, -0.25) is 9.58 Å². The van der Waals surface area contributed by atoms with Gasteiger partial charge in [0.2, 0.25) is 0 Å². The molecular weight excluding hydrogens is 188 g/mol. The van der Waals surface area contributed by atoms with E-state index in [4.69, 9.17) is 5.73 Å². The Balaban J connectivity index is 2.21. The van der Waals surface area contributed by atoms with E-state index < -0.39 is 0 Å². The minimum absolute atomic E-state index is 0.362. The molecule has 2 N–H and O–H groups in total. The van der Waals surface area contributed by atoms with E-state index in [1.807, 2.05) is 11.7 Å². The first-order valence-corrected chi connectivity index (χ1v) is 5.66. The Morgan fingerprint density at radius 2 is 2.13 bits per heavy atom. The Labute approximate surface area is 91.1 Å². The van der Waals surface area contributed by atoms with Crippen LogP contribution in [-0.2, 0) is 7.05 Å². The monoisotopic (exact) mass is 208 g/mol. The van der Waals surface area contributed by atoms with Crippen molar-refractivity contribution in [2.75, 3.05) is 19.6 Å². The topological polar surface area (TPSA) is 47.1 Å². The van der Waals surface area contributed by atoms with E-state index in [2.05, 4.69) is 23.1 Å². The number of nitrogens with zero attached hydrogens (tertiary/aromatic N) is 3. The van der Waals surface area contributed by atoms with Crippen molar-refractivity contribution in [1.82, 2.24) is 14.7 Å². The van der Waals surface area contributed by atoms with Crippen LogP contribution in [-0.4, -0.2) is 34.3 Å². The summed E-state index contributed by atoms with van der Waals surface area (Å²) in [6, 6.07) is 0.362. The number of aryl methyl sites for hydroxylation is 2. The Morgan fingerprint density at radius 3 is 2.60 bits per heavy atom. The van der Waals surface area contributed by atoms with E-state index in [1.54, 1.807) is 0 Å². The maximum absolute atomic E-state index is 5.88. The lowest BCUT2D eigenvalue weighted by Gasteiger charge is -2.25. The molecule has 4 heteroatoms. The molecule has 0 amide bonds. The van der Waals surface area contributed by atoms with Gasteiger partial charge in [-0.25, -0.2) is 0 Å². The molecule has 0 aromatic carbocycles. The van der Waals surface area contributed by atoms with E-state index in [-0.39, 0.29) is 0 Å². The van der Waals surface area contributed by atoms with Crippen LogP contribution in [0.1, 0.15) is 30.1 Å². The molecule has 1 aliphatic heterocycles. The summed E-state index contributed by atoms with van der Waals surface area (Å²) in [6.07, 6.45) is 4.71. The van der Waals surface area contributed by atoms with Gasteiger partial charge in [0, 0.05) is 25.4 Å². The van der Waals surface area contributed by atoms with E-state index in [0.717, 1.165) is 5.69 Å². The maximum atomic E-state index is 5.88. The van der Waals surface area contributed by atoms with Crippen LogP contribution in [0.2, 0.25) is 0 Å². The summed E-state index contributed by atoms with van der Waals surface area (Å²) in [5, 5.41) is 4.39. The first kappa shape index (κ1) is 10.6. The van der Waals surface area contributed by atoms with E-state index in [9.17, 15) is 0 Å². The second kappa shape index (κ2) is 4.33. The van der Waals surface area contributed by atoms with E-state index in [1.165, 1.54) is 31.5 Å². The fourth-order valence-corrected chi connectivity index (χ4v) is 2.47. The van der Waals surface area contributed by atoms with Crippen molar-refractivity contribution in [3.05, 3.63) is 17.5 Å². The Kier molecular flexibility index (Phi) is 3.07. The van der Waals surface area contributed by atoms with Crippen LogP contribution in [0.5, 0.6) is 0 Å². The fourth-order valence-electron chi connectivity index (χ4n) is 2.47. The Hall–Kier alpha value is -0.870. The lowest BCUT2D eigenvalue weighted by molar-refractivity contribution is 0.250. The third-order valence-corrected chi connectivity index (χ3v) is 3.22. The van der Waals surface area contributed by atoms with Gasteiger partial charge in [-0.05, 0) is 32.9 Å². The number of hydrogen-bond acceptors (Lipinski definition) is 3. The number of hydrogen-bond donors (Lipinski definition) is 1. The van der Waals surface area contributed by atoms with Crippen LogP contribution in [0.15, 0.2) is 6.20 Å². The van der Waals surface area contributed by atoms with Gasteiger partial charge in [-0.15, -0.1) is 0 Å². The molecule has 0 radical (unpaired) electrons. The summed E-state index contributed by atoms with van der Waals surface area (Å²) in [6.45, 7) is 5.10. The average Bonchev–Trinajstić information content (AvgIpc) is 2.79. The largest absolute Gasteiger partial charge is 0.329 e. The lowest BCUT2D eigenvalue weighted by Crippen LogP contribution is -2.31. The van der Waals surface area contributed by atoms with Crippen LogP contribution in [0, 0.1) is 6.92 Å². The summed E-state index contributed by atoms with van der Waals surface area (Å²) in [4.78, 5) is 2.48. The molecule has 0 saturated carbocycles. The molecule has 15 heavy (non-hydrogen) atoms. The van der Waals surface area contributed by atoms with Gasteiger partial charge in [0.15, 0.2) is 0 Å². The number of aromatic nitrogens is 2. The van der Waals surface area contributed by atoms with Gasteiger partial charge in [0.1, 0.15) is 0 Å². The van der Waals surface area contributed by atoms with Crippen molar-refractivity contribution in [2.24, 2.45) is 12.8 Å². The third-order valence-electron chi connectivity index (χ3n) is 3.22. The molecule has 2 rings (SSSR count). The van der Waals surface area contributed by atoms with Gasteiger partial charge in [-0.1, -0.05) is 0 Å². The zero-order valence-electron chi connectivity index (χ0n) is 9.61.